The van der Waals surface area contributed by atoms with Crippen molar-refractivity contribution in [3.05, 3.63) is 58.4 Å². The summed E-state index contributed by atoms with van der Waals surface area (Å²) in [6.45, 7) is 1.48. The van der Waals surface area contributed by atoms with E-state index in [0.29, 0.717) is 29.4 Å². The van der Waals surface area contributed by atoms with Crippen molar-refractivity contribution in [1.29, 1.82) is 0 Å². The van der Waals surface area contributed by atoms with Crippen LogP contribution in [0.25, 0.3) is 10.1 Å². The number of rotatable bonds is 7. The van der Waals surface area contributed by atoms with Gasteiger partial charge in [0.1, 0.15) is 5.75 Å². The van der Waals surface area contributed by atoms with Gasteiger partial charge < -0.3 is 15.0 Å². The number of carbonyl (C=O) groups is 1. The molecule has 1 heterocycles. The maximum absolute atomic E-state index is 12.3. The summed E-state index contributed by atoms with van der Waals surface area (Å²) >= 11 is 7.75. The van der Waals surface area contributed by atoms with Gasteiger partial charge in [0.2, 0.25) is 5.91 Å². The van der Waals surface area contributed by atoms with E-state index >= 15 is 0 Å². The van der Waals surface area contributed by atoms with Gasteiger partial charge >= 0.3 is 0 Å². The fourth-order valence-corrected chi connectivity index (χ4v) is 3.93. The molecule has 26 heavy (non-hydrogen) atoms. The average Bonchev–Trinajstić information content (AvgIpc) is 3.03. The van der Waals surface area contributed by atoms with E-state index in [1.165, 1.54) is 15.6 Å². The summed E-state index contributed by atoms with van der Waals surface area (Å²) in [7, 11) is 3.59. The molecule has 1 N–H and O–H groups in total. The first-order valence-electron chi connectivity index (χ1n) is 8.34. The molecule has 0 fully saturated rings. The van der Waals surface area contributed by atoms with Crippen molar-refractivity contribution in [3.63, 3.8) is 0 Å². The maximum Gasteiger partial charge on any atom is 0.225 e. The van der Waals surface area contributed by atoms with Crippen LogP contribution in [0, 0.1) is 0 Å². The number of hydrogen-bond donors (Lipinski definition) is 1. The molecule has 0 bridgehead atoms. The van der Waals surface area contributed by atoms with Crippen molar-refractivity contribution < 1.29 is 9.53 Å². The predicted molar refractivity (Wildman–Crippen MR) is 109 cm³/mol. The smallest absolute Gasteiger partial charge is 0.225 e. The lowest BCUT2D eigenvalue weighted by Gasteiger charge is -2.16. The minimum atomic E-state index is -0.0624. The van der Waals surface area contributed by atoms with Crippen LogP contribution in [0.4, 0.5) is 5.69 Å². The highest BCUT2D eigenvalue weighted by Gasteiger charge is 2.11. The number of nitrogens with zero attached hydrogens (tertiary/aromatic N) is 1. The zero-order valence-electron chi connectivity index (χ0n) is 14.8. The number of amides is 1. The second-order valence-electron chi connectivity index (χ2n) is 6.14. The fourth-order valence-electron chi connectivity index (χ4n) is 2.81. The standard InChI is InChI=1S/C20H21ClN2O2S/c1-23(12-14-13-26-19-6-4-3-5-16(14)19)10-9-20(24)22-17-11-15(21)7-8-18(17)25-2/h3-8,11,13H,9-10,12H2,1-2H3,(H,22,24). The summed E-state index contributed by atoms with van der Waals surface area (Å²) in [5.41, 5.74) is 1.89. The molecule has 6 heteroatoms. The Morgan fingerprint density at radius 3 is 2.88 bits per heavy atom. The molecule has 136 valence electrons. The highest BCUT2D eigenvalue weighted by Crippen LogP contribution is 2.28. The van der Waals surface area contributed by atoms with Gasteiger partial charge in [-0.05, 0) is 47.6 Å². The second kappa shape index (κ2) is 8.54. The Balaban J connectivity index is 1.55. The molecule has 0 aliphatic rings. The predicted octanol–water partition coefficient (Wildman–Crippen LogP) is 5.02. The molecule has 0 unspecified atom stereocenters. The first-order chi connectivity index (χ1) is 12.6. The van der Waals surface area contributed by atoms with E-state index < -0.39 is 0 Å². The van der Waals surface area contributed by atoms with E-state index in [1.54, 1.807) is 36.6 Å². The van der Waals surface area contributed by atoms with Gasteiger partial charge in [-0.2, -0.15) is 0 Å². The molecule has 4 nitrogen and oxygen atoms in total. The van der Waals surface area contributed by atoms with E-state index in [4.69, 9.17) is 16.3 Å². The third-order valence-corrected chi connectivity index (χ3v) is 5.41. The Morgan fingerprint density at radius 1 is 1.27 bits per heavy atom. The number of ether oxygens (including phenoxy) is 1. The number of nitrogens with one attached hydrogen (secondary N) is 1. The van der Waals surface area contributed by atoms with Crippen molar-refractivity contribution in [3.8, 4) is 5.75 Å². The largest absolute Gasteiger partial charge is 0.495 e. The Morgan fingerprint density at radius 2 is 2.08 bits per heavy atom. The Bertz CT molecular complexity index is 910. The van der Waals surface area contributed by atoms with E-state index in [-0.39, 0.29) is 5.91 Å². The first kappa shape index (κ1) is 18.7. The van der Waals surface area contributed by atoms with Crippen molar-refractivity contribution in [2.24, 2.45) is 0 Å². The van der Waals surface area contributed by atoms with Gasteiger partial charge in [0.05, 0.1) is 12.8 Å². The number of hydrogen-bond acceptors (Lipinski definition) is 4. The van der Waals surface area contributed by atoms with Gasteiger partial charge in [0.25, 0.3) is 0 Å². The van der Waals surface area contributed by atoms with Crippen molar-refractivity contribution in [2.75, 3.05) is 26.0 Å². The second-order valence-corrected chi connectivity index (χ2v) is 7.49. The lowest BCUT2D eigenvalue weighted by atomic mass is 10.1. The van der Waals surface area contributed by atoms with Crippen LogP contribution in [-0.2, 0) is 11.3 Å². The molecule has 0 aliphatic carbocycles. The molecule has 3 aromatic rings. The third kappa shape index (κ3) is 4.55. The van der Waals surface area contributed by atoms with Gasteiger partial charge in [-0.15, -0.1) is 11.3 Å². The highest BCUT2D eigenvalue weighted by atomic mass is 35.5. The van der Waals surface area contributed by atoms with Crippen LogP contribution in [0.15, 0.2) is 47.8 Å². The van der Waals surface area contributed by atoms with Gasteiger partial charge in [0, 0.05) is 29.2 Å². The molecule has 0 saturated heterocycles. The molecule has 0 aliphatic heterocycles. The van der Waals surface area contributed by atoms with Gasteiger partial charge in [-0.3, -0.25) is 4.79 Å². The zero-order chi connectivity index (χ0) is 18.5. The minimum Gasteiger partial charge on any atom is -0.495 e. The summed E-state index contributed by atoms with van der Waals surface area (Å²) < 4.78 is 6.55. The van der Waals surface area contributed by atoms with E-state index in [9.17, 15) is 4.79 Å². The summed E-state index contributed by atoms with van der Waals surface area (Å²) in [4.78, 5) is 14.4. The van der Waals surface area contributed by atoms with Crippen LogP contribution < -0.4 is 10.1 Å². The van der Waals surface area contributed by atoms with Crippen LogP contribution in [0.3, 0.4) is 0 Å². The molecule has 1 amide bonds. The first-order valence-corrected chi connectivity index (χ1v) is 9.59. The molecule has 2 aromatic carbocycles. The van der Waals surface area contributed by atoms with Crippen molar-refractivity contribution in [1.82, 2.24) is 4.90 Å². The third-order valence-electron chi connectivity index (χ3n) is 4.16. The van der Waals surface area contributed by atoms with Gasteiger partial charge in [-0.1, -0.05) is 29.8 Å². The molecule has 0 radical (unpaired) electrons. The number of methoxy groups -OCH3 is 1. The zero-order valence-corrected chi connectivity index (χ0v) is 16.4. The average molecular weight is 389 g/mol. The molecular formula is C20H21ClN2O2S. The van der Waals surface area contributed by atoms with Crippen LogP contribution in [-0.4, -0.2) is 31.5 Å². The SMILES string of the molecule is COc1ccc(Cl)cc1NC(=O)CCN(C)Cc1csc2ccccc12. The lowest BCUT2D eigenvalue weighted by Crippen LogP contribution is -2.24. The highest BCUT2D eigenvalue weighted by molar-refractivity contribution is 7.17. The molecule has 0 spiro atoms. The normalized spacial score (nSPS) is 11.1. The van der Waals surface area contributed by atoms with Gasteiger partial charge in [-0.25, -0.2) is 0 Å². The summed E-state index contributed by atoms with van der Waals surface area (Å²) in [5.74, 6) is 0.536. The maximum atomic E-state index is 12.3. The minimum absolute atomic E-state index is 0.0624. The van der Waals surface area contributed by atoms with Crippen LogP contribution in [0.5, 0.6) is 5.75 Å². The van der Waals surface area contributed by atoms with Crippen LogP contribution in [0.1, 0.15) is 12.0 Å². The molecule has 0 saturated carbocycles. The molecule has 1 aromatic heterocycles. The van der Waals surface area contributed by atoms with Crippen LogP contribution in [0.2, 0.25) is 5.02 Å². The molecular weight excluding hydrogens is 368 g/mol. The topological polar surface area (TPSA) is 41.6 Å². The monoisotopic (exact) mass is 388 g/mol. The van der Waals surface area contributed by atoms with Gasteiger partial charge in [0.15, 0.2) is 0 Å². The number of halogens is 1. The summed E-state index contributed by atoms with van der Waals surface area (Å²) in [5, 5.41) is 6.91. The van der Waals surface area contributed by atoms with Crippen molar-refractivity contribution in [2.45, 2.75) is 13.0 Å². The van der Waals surface area contributed by atoms with E-state index in [2.05, 4.69) is 39.9 Å². The number of anilines is 1. The number of fused-ring (bicyclic) bond motifs is 1. The Hall–Kier alpha value is -2.08. The molecule has 0 atom stereocenters. The lowest BCUT2D eigenvalue weighted by molar-refractivity contribution is -0.116. The van der Waals surface area contributed by atoms with Crippen molar-refractivity contribution >= 4 is 44.6 Å². The number of benzene rings is 2. The van der Waals surface area contributed by atoms with Crippen LogP contribution >= 0.6 is 22.9 Å². The quantitative estimate of drug-likeness (QED) is 0.617. The fraction of sp³-hybridized carbons (Fsp3) is 0.250. The Kier molecular flexibility index (Phi) is 6.14. The van der Waals surface area contributed by atoms with E-state index in [0.717, 1.165) is 6.54 Å². The number of thiophene rings is 1. The number of carbonyl (C=O) groups excluding carboxylic acids is 1. The Labute approximate surface area is 162 Å². The van der Waals surface area contributed by atoms with E-state index in [1.807, 2.05) is 7.05 Å². The summed E-state index contributed by atoms with van der Waals surface area (Å²) in [6.07, 6.45) is 0.397. The molecule has 3 rings (SSSR count). The summed E-state index contributed by atoms with van der Waals surface area (Å²) in [6, 6.07) is 13.6.